The maximum absolute atomic E-state index is 13.1. The van der Waals surface area contributed by atoms with E-state index < -0.39 is 0 Å². The number of aromatic amines is 1. The molecule has 0 aliphatic carbocycles. The fraction of sp³-hybridized carbons (Fsp3) is 0.0667. The third-order valence-electron chi connectivity index (χ3n) is 3.20. The summed E-state index contributed by atoms with van der Waals surface area (Å²) in [4.78, 5) is 19.6. The molecule has 0 aliphatic heterocycles. The Morgan fingerprint density at radius 1 is 1.30 bits per heavy atom. The van der Waals surface area contributed by atoms with Crippen LogP contribution in [-0.2, 0) is 0 Å². The number of aryl methyl sites for hydroxylation is 1. The Morgan fingerprint density at radius 3 is 2.85 bits per heavy atom. The van der Waals surface area contributed by atoms with Crippen molar-refractivity contribution in [3.8, 4) is 0 Å². The van der Waals surface area contributed by atoms with E-state index in [1.54, 1.807) is 25.4 Å². The molecule has 3 nitrogen and oxygen atoms in total. The molecule has 0 aliphatic rings. The number of ketones is 1. The minimum absolute atomic E-state index is 0.205. The van der Waals surface area contributed by atoms with Crippen LogP contribution in [-0.4, -0.2) is 15.8 Å². The van der Waals surface area contributed by atoms with E-state index in [0.717, 1.165) is 0 Å². The molecule has 1 N–H and O–H groups in total. The molecule has 2 heterocycles. The summed E-state index contributed by atoms with van der Waals surface area (Å²) < 4.78 is 13.1. The van der Waals surface area contributed by atoms with Gasteiger partial charge < -0.3 is 4.98 Å². The molecule has 0 bridgehead atoms. The molecule has 20 heavy (non-hydrogen) atoms. The lowest BCUT2D eigenvalue weighted by Crippen LogP contribution is -2.03. The molecule has 2 aromatic heterocycles. The van der Waals surface area contributed by atoms with Crippen molar-refractivity contribution in [2.45, 2.75) is 6.92 Å². The van der Waals surface area contributed by atoms with Gasteiger partial charge in [0.05, 0.1) is 10.6 Å². The van der Waals surface area contributed by atoms with Crippen molar-refractivity contribution in [1.29, 1.82) is 0 Å². The van der Waals surface area contributed by atoms with Crippen LogP contribution >= 0.6 is 11.6 Å². The van der Waals surface area contributed by atoms with Crippen LogP contribution < -0.4 is 0 Å². The Morgan fingerprint density at radius 2 is 2.10 bits per heavy atom. The fourth-order valence-corrected chi connectivity index (χ4v) is 2.47. The Balaban J connectivity index is 2.18. The van der Waals surface area contributed by atoms with Gasteiger partial charge in [0.25, 0.3) is 0 Å². The van der Waals surface area contributed by atoms with Crippen molar-refractivity contribution in [2.24, 2.45) is 0 Å². The molecular weight excluding hydrogens is 279 g/mol. The molecule has 0 radical (unpaired) electrons. The third-order valence-corrected chi connectivity index (χ3v) is 3.52. The van der Waals surface area contributed by atoms with Crippen LogP contribution in [0.3, 0.4) is 0 Å². The number of rotatable bonds is 2. The number of nitrogens with one attached hydrogen (secondary N) is 1. The van der Waals surface area contributed by atoms with Crippen LogP contribution in [0.15, 0.2) is 36.7 Å². The van der Waals surface area contributed by atoms with Crippen LogP contribution in [0, 0.1) is 12.7 Å². The number of pyridine rings is 1. The van der Waals surface area contributed by atoms with Crippen LogP contribution in [0.4, 0.5) is 4.39 Å². The van der Waals surface area contributed by atoms with Crippen molar-refractivity contribution in [3.63, 3.8) is 0 Å². The quantitative estimate of drug-likeness (QED) is 0.727. The van der Waals surface area contributed by atoms with E-state index in [1.807, 2.05) is 0 Å². The number of benzene rings is 1. The van der Waals surface area contributed by atoms with Gasteiger partial charge in [0.1, 0.15) is 11.5 Å². The Kier molecular flexibility index (Phi) is 3.03. The zero-order chi connectivity index (χ0) is 14.3. The highest BCUT2D eigenvalue weighted by Gasteiger charge is 2.18. The zero-order valence-corrected chi connectivity index (χ0v) is 11.3. The highest BCUT2D eigenvalue weighted by atomic mass is 35.5. The van der Waals surface area contributed by atoms with Crippen LogP contribution in [0.2, 0.25) is 5.02 Å². The number of halogens is 2. The summed E-state index contributed by atoms with van der Waals surface area (Å²) in [5.41, 5.74) is 2.03. The van der Waals surface area contributed by atoms with Gasteiger partial charge in [0, 0.05) is 23.3 Å². The maximum atomic E-state index is 13.1. The number of carbonyl (C=O) groups is 1. The number of nitrogens with zero attached hydrogens (tertiary/aromatic N) is 1. The van der Waals surface area contributed by atoms with Gasteiger partial charge in [-0.15, -0.1) is 0 Å². The van der Waals surface area contributed by atoms with Crippen molar-refractivity contribution in [3.05, 3.63) is 64.2 Å². The van der Waals surface area contributed by atoms with E-state index in [4.69, 9.17) is 11.6 Å². The molecule has 0 amide bonds. The van der Waals surface area contributed by atoms with E-state index >= 15 is 0 Å². The number of carbonyl (C=O) groups excluding carboxylic acids is 1. The minimum Gasteiger partial charge on any atom is -0.345 e. The largest absolute Gasteiger partial charge is 0.345 e. The topological polar surface area (TPSA) is 45.8 Å². The summed E-state index contributed by atoms with van der Waals surface area (Å²) in [6.45, 7) is 1.70. The van der Waals surface area contributed by atoms with E-state index in [9.17, 15) is 9.18 Å². The van der Waals surface area contributed by atoms with E-state index in [2.05, 4.69) is 9.97 Å². The van der Waals surface area contributed by atoms with Crippen molar-refractivity contribution >= 4 is 28.4 Å². The first-order valence-corrected chi connectivity index (χ1v) is 6.38. The molecule has 1 aromatic carbocycles. The molecule has 0 atom stereocenters. The number of fused-ring (bicyclic) bond motifs is 1. The number of hydrogen-bond donors (Lipinski definition) is 1. The molecule has 3 aromatic rings. The second-order valence-electron chi connectivity index (χ2n) is 4.51. The van der Waals surface area contributed by atoms with Gasteiger partial charge in [-0.25, -0.2) is 9.37 Å². The molecule has 0 unspecified atom stereocenters. The van der Waals surface area contributed by atoms with E-state index in [0.29, 0.717) is 32.7 Å². The summed E-state index contributed by atoms with van der Waals surface area (Å²) in [5.74, 6) is -0.568. The van der Waals surface area contributed by atoms with Crippen LogP contribution in [0.5, 0.6) is 0 Å². The smallest absolute Gasteiger partial charge is 0.195 e. The molecular formula is C15H10ClFN2O. The maximum Gasteiger partial charge on any atom is 0.195 e. The van der Waals surface area contributed by atoms with Gasteiger partial charge >= 0.3 is 0 Å². The predicted octanol–water partition coefficient (Wildman–Crippen LogP) is 3.89. The van der Waals surface area contributed by atoms with Crippen molar-refractivity contribution in [1.82, 2.24) is 9.97 Å². The Bertz CT molecular complexity index is 826. The van der Waals surface area contributed by atoms with Crippen molar-refractivity contribution < 1.29 is 9.18 Å². The van der Waals surface area contributed by atoms with Gasteiger partial charge in [-0.3, -0.25) is 4.79 Å². The average molecular weight is 289 g/mol. The molecule has 5 heteroatoms. The Hall–Kier alpha value is -2.20. The molecule has 0 fully saturated rings. The Labute approximate surface area is 119 Å². The highest BCUT2D eigenvalue weighted by Crippen LogP contribution is 2.27. The highest BCUT2D eigenvalue weighted by molar-refractivity contribution is 6.37. The molecule has 0 spiro atoms. The SMILES string of the molecule is Cc1cc(F)ccc1C(=O)c1c[nH]c2nccc(Cl)c12. The first-order valence-electron chi connectivity index (χ1n) is 6.00. The monoisotopic (exact) mass is 288 g/mol. The van der Waals surface area contributed by atoms with Crippen molar-refractivity contribution in [2.75, 3.05) is 0 Å². The van der Waals surface area contributed by atoms with Crippen LogP contribution in [0.25, 0.3) is 11.0 Å². The summed E-state index contributed by atoms with van der Waals surface area (Å²) in [6.07, 6.45) is 3.15. The normalized spacial score (nSPS) is 10.9. The lowest BCUT2D eigenvalue weighted by atomic mass is 9.99. The van der Waals surface area contributed by atoms with E-state index in [1.165, 1.54) is 18.2 Å². The summed E-state index contributed by atoms with van der Waals surface area (Å²) in [7, 11) is 0. The number of aromatic nitrogens is 2. The van der Waals surface area contributed by atoms with Gasteiger partial charge in [-0.2, -0.15) is 0 Å². The van der Waals surface area contributed by atoms with Gasteiger partial charge in [0.15, 0.2) is 5.78 Å². The predicted molar refractivity (Wildman–Crippen MR) is 75.7 cm³/mol. The molecule has 3 rings (SSSR count). The van der Waals surface area contributed by atoms with Gasteiger partial charge in [-0.1, -0.05) is 11.6 Å². The summed E-state index contributed by atoms with van der Waals surface area (Å²) >= 11 is 6.13. The van der Waals surface area contributed by atoms with E-state index in [-0.39, 0.29) is 11.6 Å². The average Bonchev–Trinajstić information content (AvgIpc) is 2.83. The van der Waals surface area contributed by atoms with Crippen LogP contribution in [0.1, 0.15) is 21.5 Å². The second kappa shape index (κ2) is 4.72. The minimum atomic E-state index is -0.363. The lowest BCUT2D eigenvalue weighted by Gasteiger charge is -2.04. The third kappa shape index (κ3) is 1.98. The zero-order valence-electron chi connectivity index (χ0n) is 10.6. The number of hydrogen-bond acceptors (Lipinski definition) is 2. The fourth-order valence-electron chi connectivity index (χ4n) is 2.22. The second-order valence-corrected chi connectivity index (χ2v) is 4.91. The molecule has 0 saturated carbocycles. The van der Waals surface area contributed by atoms with Gasteiger partial charge in [-0.05, 0) is 36.8 Å². The van der Waals surface area contributed by atoms with Gasteiger partial charge in [0.2, 0.25) is 0 Å². The summed E-state index contributed by atoms with van der Waals surface area (Å²) in [5, 5.41) is 1.04. The first-order chi connectivity index (χ1) is 9.58. The summed E-state index contributed by atoms with van der Waals surface area (Å²) in [6, 6.07) is 5.72. The standard InChI is InChI=1S/C15H10ClFN2O/c1-8-6-9(17)2-3-10(8)14(20)11-7-19-15-13(11)12(16)4-5-18-15/h2-7H,1H3,(H,18,19). The lowest BCUT2D eigenvalue weighted by molar-refractivity contribution is 0.103. The number of H-pyrrole nitrogens is 1. The molecule has 100 valence electrons. The molecule has 0 saturated heterocycles. The first kappa shape index (κ1) is 12.8.